The number of nitrogens with zero attached hydrogens (tertiary/aromatic N) is 3. The molecule has 2 aromatic rings. The molecule has 0 spiro atoms. The molecule has 0 aliphatic carbocycles. The molecule has 0 aromatic carbocycles. The molecule has 0 saturated carbocycles. The molecule has 0 atom stereocenters. The van der Waals surface area contributed by atoms with Crippen LogP contribution in [0.5, 0.6) is 0 Å². The Kier molecular flexibility index (Phi) is 3.38. The first-order chi connectivity index (χ1) is 9.10. The van der Waals surface area contributed by atoms with Gasteiger partial charge in [-0.25, -0.2) is 14.5 Å². The van der Waals surface area contributed by atoms with Crippen LogP contribution in [0.4, 0.5) is 5.69 Å². The quantitative estimate of drug-likeness (QED) is 0.659. The average molecular weight is 258 g/mol. The summed E-state index contributed by atoms with van der Waals surface area (Å²) in [6.07, 6.45) is 6.81. The van der Waals surface area contributed by atoms with Crippen molar-refractivity contribution in [2.75, 3.05) is 12.3 Å². The second-order valence-electron chi connectivity index (χ2n) is 3.95. The van der Waals surface area contributed by atoms with E-state index in [1.165, 1.54) is 0 Å². The van der Waals surface area contributed by atoms with Gasteiger partial charge in [0.15, 0.2) is 5.65 Å². The molecule has 0 saturated heterocycles. The summed E-state index contributed by atoms with van der Waals surface area (Å²) < 4.78 is 6.54. The number of aromatic nitrogens is 3. The van der Waals surface area contributed by atoms with E-state index in [-0.39, 0.29) is 12.2 Å². The van der Waals surface area contributed by atoms with E-state index in [9.17, 15) is 4.79 Å². The van der Waals surface area contributed by atoms with E-state index in [1.807, 2.05) is 0 Å². The lowest BCUT2D eigenvalue weighted by Crippen LogP contribution is -2.12. The fraction of sp³-hybridized carbons (Fsp3) is 0.308. The Morgan fingerprint density at radius 2 is 2.37 bits per heavy atom. The Hall–Kier alpha value is -2.55. The van der Waals surface area contributed by atoms with E-state index >= 15 is 0 Å². The van der Waals surface area contributed by atoms with Crippen LogP contribution in [0.15, 0.2) is 6.20 Å². The van der Waals surface area contributed by atoms with Crippen molar-refractivity contribution in [1.82, 2.24) is 14.8 Å². The van der Waals surface area contributed by atoms with Crippen molar-refractivity contribution in [3.63, 3.8) is 0 Å². The van der Waals surface area contributed by atoms with Crippen molar-refractivity contribution < 1.29 is 9.53 Å². The van der Waals surface area contributed by atoms with Gasteiger partial charge in [0.25, 0.3) is 0 Å². The van der Waals surface area contributed by atoms with Gasteiger partial charge < -0.3 is 10.5 Å². The van der Waals surface area contributed by atoms with E-state index in [0.29, 0.717) is 29.0 Å². The lowest BCUT2D eigenvalue weighted by molar-refractivity contribution is 0.0526. The van der Waals surface area contributed by atoms with Gasteiger partial charge >= 0.3 is 5.97 Å². The van der Waals surface area contributed by atoms with Gasteiger partial charge in [0.1, 0.15) is 12.1 Å². The van der Waals surface area contributed by atoms with Gasteiger partial charge in [0.2, 0.25) is 0 Å². The maximum absolute atomic E-state index is 11.9. The van der Waals surface area contributed by atoms with Crippen molar-refractivity contribution in [2.45, 2.75) is 20.4 Å². The third kappa shape index (κ3) is 2.10. The van der Waals surface area contributed by atoms with Crippen LogP contribution < -0.4 is 5.73 Å². The van der Waals surface area contributed by atoms with Gasteiger partial charge in [-0.3, -0.25) is 0 Å². The monoisotopic (exact) mass is 258 g/mol. The number of terminal acetylenes is 1. The highest BCUT2D eigenvalue weighted by molar-refractivity contribution is 6.04. The molecular formula is C13H14N4O2. The van der Waals surface area contributed by atoms with Gasteiger partial charge in [0, 0.05) is 0 Å². The normalized spacial score (nSPS) is 10.4. The molecule has 0 bridgehead atoms. The number of aryl methyl sites for hydroxylation is 1. The van der Waals surface area contributed by atoms with E-state index in [2.05, 4.69) is 16.0 Å². The Morgan fingerprint density at radius 1 is 1.63 bits per heavy atom. The summed E-state index contributed by atoms with van der Waals surface area (Å²) in [5, 5.41) is 4.71. The molecule has 0 unspecified atom stereocenters. The predicted octanol–water partition coefficient (Wildman–Crippen LogP) is 1.13. The summed E-state index contributed by atoms with van der Waals surface area (Å²) in [7, 11) is 0. The average Bonchev–Trinajstić information content (AvgIpc) is 2.73. The first-order valence-electron chi connectivity index (χ1n) is 5.82. The molecule has 0 aliphatic heterocycles. The fourth-order valence-electron chi connectivity index (χ4n) is 1.89. The number of ether oxygens (including phenoxy) is 1. The smallest absolute Gasteiger partial charge is 0.342 e. The molecule has 2 heterocycles. The van der Waals surface area contributed by atoms with Gasteiger partial charge in [-0.2, -0.15) is 5.10 Å². The Balaban J connectivity index is 2.64. The molecule has 0 radical (unpaired) electrons. The molecule has 98 valence electrons. The van der Waals surface area contributed by atoms with E-state index in [0.717, 1.165) is 0 Å². The third-order valence-corrected chi connectivity index (χ3v) is 2.73. The van der Waals surface area contributed by atoms with Gasteiger partial charge in [-0.05, 0) is 13.8 Å². The second-order valence-corrected chi connectivity index (χ2v) is 3.95. The molecule has 19 heavy (non-hydrogen) atoms. The predicted molar refractivity (Wildman–Crippen MR) is 71.5 cm³/mol. The summed E-state index contributed by atoms with van der Waals surface area (Å²) in [4.78, 5) is 16.2. The fourth-order valence-corrected chi connectivity index (χ4v) is 1.89. The Morgan fingerprint density at radius 3 is 3.00 bits per heavy atom. The number of rotatable bonds is 3. The summed E-state index contributed by atoms with van der Waals surface area (Å²) in [6.45, 7) is 4.02. The minimum Gasteiger partial charge on any atom is -0.462 e. The maximum Gasteiger partial charge on any atom is 0.342 e. The van der Waals surface area contributed by atoms with Crippen molar-refractivity contribution in [3.05, 3.63) is 17.5 Å². The van der Waals surface area contributed by atoms with Crippen LogP contribution in [0.25, 0.3) is 11.0 Å². The second kappa shape index (κ2) is 4.98. The van der Waals surface area contributed by atoms with Gasteiger partial charge in [-0.1, -0.05) is 5.92 Å². The summed E-state index contributed by atoms with van der Waals surface area (Å²) >= 11 is 0. The largest absolute Gasteiger partial charge is 0.462 e. The number of nitrogens with two attached hydrogens (primary N) is 1. The van der Waals surface area contributed by atoms with E-state index in [4.69, 9.17) is 16.9 Å². The van der Waals surface area contributed by atoms with Crippen molar-refractivity contribution in [2.24, 2.45) is 0 Å². The zero-order valence-corrected chi connectivity index (χ0v) is 10.8. The zero-order chi connectivity index (χ0) is 14.0. The number of hydrogen-bond acceptors (Lipinski definition) is 5. The summed E-state index contributed by atoms with van der Waals surface area (Å²) in [6, 6.07) is 0. The van der Waals surface area contributed by atoms with Crippen LogP contribution in [0.1, 0.15) is 23.0 Å². The SMILES string of the molecule is C#CCn1ncc2c(N)c(C(=O)OCC)c(C)nc21. The Labute approximate surface area is 110 Å². The van der Waals surface area contributed by atoms with Crippen molar-refractivity contribution in [1.29, 1.82) is 0 Å². The highest BCUT2D eigenvalue weighted by atomic mass is 16.5. The molecule has 2 aromatic heterocycles. The van der Waals surface area contributed by atoms with E-state index in [1.54, 1.807) is 24.7 Å². The van der Waals surface area contributed by atoms with Crippen LogP contribution in [0.2, 0.25) is 0 Å². The molecule has 2 N–H and O–H groups in total. The van der Waals surface area contributed by atoms with E-state index < -0.39 is 5.97 Å². The number of nitrogen functional groups attached to an aromatic ring is 1. The zero-order valence-electron chi connectivity index (χ0n) is 10.8. The first kappa shape index (κ1) is 12.9. The minimum absolute atomic E-state index is 0.284. The number of fused-ring (bicyclic) bond motifs is 1. The molecule has 2 rings (SSSR count). The topological polar surface area (TPSA) is 83.0 Å². The van der Waals surface area contributed by atoms with Crippen molar-refractivity contribution in [3.8, 4) is 12.3 Å². The van der Waals surface area contributed by atoms with Gasteiger partial charge in [0.05, 0.1) is 29.6 Å². The molecule has 0 aliphatic rings. The lowest BCUT2D eigenvalue weighted by atomic mass is 10.1. The number of carbonyl (C=O) groups excluding carboxylic acids is 1. The highest BCUT2D eigenvalue weighted by Crippen LogP contribution is 2.26. The summed E-state index contributed by atoms with van der Waals surface area (Å²) in [5.41, 5.74) is 7.70. The number of anilines is 1. The van der Waals surface area contributed by atoms with Crippen LogP contribution >= 0.6 is 0 Å². The first-order valence-corrected chi connectivity index (χ1v) is 5.82. The highest BCUT2D eigenvalue weighted by Gasteiger charge is 2.20. The maximum atomic E-state index is 11.9. The lowest BCUT2D eigenvalue weighted by Gasteiger charge is -2.09. The molecular weight excluding hydrogens is 244 g/mol. The van der Waals surface area contributed by atoms with Crippen LogP contribution in [0, 0.1) is 19.3 Å². The molecule has 6 heteroatoms. The third-order valence-electron chi connectivity index (χ3n) is 2.73. The Bertz CT molecular complexity index is 682. The van der Waals surface area contributed by atoms with Crippen LogP contribution in [0.3, 0.4) is 0 Å². The van der Waals surface area contributed by atoms with Crippen molar-refractivity contribution >= 4 is 22.7 Å². The number of carbonyl (C=O) groups is 1. The number of hydrogen-bond donors (Lipinski definition) is 1. The molecule has 0 amide bonds. The molecule has 6 nitrogen and oxygen atoms in total. The van der Waals surface area contributed by atoms with Crippen LogP contribution in [-0.4, -0.2) is 27.3 Å². The minimum atomic E-state index is -0.475. The van der Waals surface area contributed by atoms with Gasteiger partial charge in [-0.15, -0.1) is 6.42 Å². The number of esters is 1. The van der Waals surface area contributed by atoms with Crippen LogP contribution in [-0.2, 0) is 11.3 Å². The standard InChI is InChI=1S/C13H14N4O2/c1-4-6-17-12-9(7-15-17)11(14)10(8(3)16-12)13(18)19-5-2/h1,7H,5-6H2,2-3H3,(H2,14,16). The molecule has 0 fully saturated rings. The number of pyridine rings is 1. The summed E-state index contributed by atoms with van der Waals surface area (Å²) in [5.74, 6) is 2.01.